The van der Waals surface area contributed by atoms with Crippen molar-refractivity contribution in [2.75, 3.05) is 0 Å². The summed E-state index contributed by atoms with van der Waals surface area (Å²) in [6.07, 6.45) is 3.81. The summed E-state index contributed by atoms with van der Waals surface area (Å²) in [4.78, 5) is 74.0. The maximum absolute atomic E-state index is 15.8. The summed E-state index contributed by atoms with van der Waals surface area (Å²) in [6.45, 7) is 18.7. The molecule has 8 heteroatoms. The predicted molar refractivity (Wildman–Crippen MR) is 177 cm³/mol. The Morgan fingerprint density at radius 1 is 0.604 bits per heavy atom. The molecule has 1 heterocycles. The SMILES string of the molecule is CC(C)C1=C(O)C2=C(C(=O)C1=O)C1(C)CCCC(C)(C)C1C(=O)C21OC2=C(C(C)C)C(=O)C(O)=C3C2=C1C(=O)C1C(C)(C)CCCC31C. The van der Waals surface area contributed by atoms with Crippen molar-refractivity contribution >= 4 is 28.9 Å². The number of hydrogen-bond acceptors (Lipinski definition) is 8. The number of ketones is 5. The number of aliphatic hydroxyl groups excluding tert-OH is 2. The lowest BCUT2D eigenvalue weighted by molar-refractivity contribution is -0.155. The number of fused-ring (bicyclic) bond motifs is 6. The van der Waals surface area contributed by atoms with Gasteiger partial charge in [0.15, 0.2) is 17.3 Å². The van der Waals surface area contributed by atoms with Crippen LogP contribution in [0.2, 0.25) is 0 Å². The van der Waals surface area contributed by atoms with Gasteiger partial charge in [0.05, 0.1) is 11.1 Å². The molecule has 1 aliphatic heterocycles. The lowest BCUT2D eigenvalue weighted by atomic mass is 9.43. The molecule has 5 atom stereocenters. The third kappa shape index (κ3) is 3.54. The van der Waals surface area contributed by atoms with E-state index in [0.29, 0.717) is 37.7 Å². The van der Waals surface area contributed by atoms with Crippen LogP contribution in [0.3, 0.4) is 0 Å². The van der Waals surface area contributed by atoms with Crippen LogP contribution in [-0.4, -0.2) is 44.7 Å². The van der Waals surface area contributed by atoms with Crippen LogP contribution in [0.15, 0.2) is 56.3 Å². The van der Waals surface area contributed by atoms with Crippen molar-refractivity contribution in [3.8, 4) is 0 Å². The lowest BCUT2D eigenvalue weighted by Crippen LogP contribution is -2.65. The molecule has 48 heavy (non-hydrogen) atoms. The second kappa shape index (κ2) is 9.57. The first kappa shape index (κ1) is 33.0. The number of rotatable bonds is 2. The molecule has 2 saturated carbocycles. The second-order valence-corrected chi connectivity index (χ2v) is 17.9. The van der Waals surface area contributed by atoms with E-state index in [2.05, 4.69) is 0 Å². The third-order valence-electron chi connectivity index (χ3n) is 13.3. The number of ether oxygens (including phenoxy) is 1. The number of carbonyl (C=O) groups excluding carboxylic acids is 5. The van der Waals surface area contributed by atoms with Gasteiger partial charge in [-0.1, -0.05) is 82.1 Å². The number of Topliss-reactive ketones (excluding diaryl/α,β-unsaturated/α-hetero) is 5. The Balaban J connectivity index is 1.72. The van der Waals surface area contributed by atoms with Crippen LogP contribution in [0, 0.1) is 45.3 Å². The molecule has 256 valence electrons. The van der Waals surface area contributed by atoms with Crippen molar-refractivity contribution in [1.29, 1.82) is 0 Å². The minimum Gasteiger partial charge on any atom is -0.507 e. The molecular formula is C40H48O8. The first-order chi connectivity index (χ1) is 22.1. The van der Waals surface area contributed by atoms with Gasteiger partial charge in [-0.2, -0.15) is 0 Å². The van der Waals surface area contributed by atoms with Gasteiger partial charge in [0, 0.05) is 50.5 Å². The van der Waals surface area contributed by atoms with Gasteiger partial charge in [0.2, 0.25) is 23.0 Å². The topological polar surface area (TPSA) is 135 Å². The molecular weight excluding hydrogens is 608 g/mol. The Bertz CT molecular complexity index is 1850. The minimum atomic E-state index is -2.29. The van der Waals surface area contributed by atoms with Gasteiger partial charge in [0.1, 0.15) is 11.5 Å². The molecule has 0 aromatic carbocycles. The van der Waals surface area contributed by atoms with Gasteiger partial charge in [0.25, 0.3) is 0 Å². The zero-order chi connectivity index (χ0) is 35.4. The van der Waals surface area contributed by atoms with Crippen molar-refractivity contribution in [2.24, 2.45) is 45.3 Å². The van der Waals surface area contributed by atoms with E-state index in [1.807, 2.05) is 41.5 Å². The van der Waals surface area contributed by atoms with Crippen LogP contribution in [-0.2, 0) is 28.7 Å². The van der Waals surface area contributed by atoms with Crippen LogP contribution < -0.4 is 0 Å². The van der Waals surface area contributed by atoms with Crippen molar-refractivity contribution in [1.82, 2.24) is 0 Å². The molecule has 7 rings (SSSR count). The van der Waals surface area contributed by atoms with Crippen LogP contribution >= 0.6 is 0 Å². The van der Waals surface area contributed by atoms with E-state index >= 15 is 9.59 Å². The standard InChI is InChI=1S/C40H48O8/c1-17(2)19-26(41)25-24(30(45)27(19)42)39(10)16-12-14-37(7,8)34(39)35(47)40(25)23-21-22(29(44)28(43)20(18(3)4)32(21)48-40)38(9)15-11-13-36(5,6)33(38)31(23)46/h17-18,33-34,41,44H,11-16H2,1-10H3. The highest BCUT2D eigenvalue weighted by atomic mass is 16.5. The Hall–Kier alpha value is -3.55. The van der Waals surface area contributed by atoms with Crippen LogP contribution in [0.4, 0.5) is 0 Å². The molecule has 6 aliphatic carbocycles. The molecule has 8 nitrogen and oxygen atoms in total. The Morgan fingerprint density at radius 2 is 1.12 bits per heavy atom. The van der Waals surface area contributed by atoms with E-state index in [9.17, 15) is 24.6 Å². The van der Waals surface area contributed by atoms with E-state index < -0.39 is 85.6 Å². The van der Waals surface area contributed by atoms with Gasteiger partial charge in [-0.25, -0.2) is 0 Å². The van der Waals surface area contributed by atoms with Crippen LogP contribution in [0.1, 0.15) is 108 Å². The average Bonchev–Trinajstić information content (AvgIpc) is 3.28. The monoisotopic (exact) mass is 656 g/mol. The third-order valence-corrected chi connectivity index (χ3v) is 13.3. The van der Waals surface area contributed by atoms with E-state index in [-0.39, 0.29) is 45.0 Å². The van der Waals surface area contributed by atoms with Gasteiger partial charge < -0.3 is 14.9 Å². The molecule has 2 N–H and O–H groups in total. The number of carbonyl (C=O) groups is 5. The Labute approximate surface area is 282 Å². The van der Waals surface area contributed by atoms with Crippen molar-refractivity contribution < 1.29 is 38.9 Å². The number of aliphatic hydroxyl groups is 2. The summed E-state index contributed by atoms with van der Waals surface area (Å²) in [6, 6.07) is 0. The van der Waals surface area contributed by atoms with Gasteiger partial charge >= 0.3 is 0 Å². The first-order valence-electron chi connectivity index (χ1n) is 17.7. The predicted octanol–water partition coefficient (Wildman–Crippen LogP) is 7.10. The van der Waals surface area contributed by atoms with E-state index in [0.717, 1.165) is 6.42 Å². The minimum absolute atomic E-state index is 0.0140. The zero-order valence-corrected chi connectivity index (χ0v) is 29.9. The Kier molecular flexibility index (Phi) is 6.57. The maximum Gasteiger partial charge on any atom is 0.233 e. The highest BCUT2D eigenvalue weighted by Crippen LogP contribution is 2.71. The van der Waals surface area contributed by atoms with Crippen LogP contribution in [0.5, 0.6) is 0 Å². The summed E-state index contributed by atoms with van der Waals surface area (Å²) in [5.74, 6) is -6.48. The van der Waals surface area contributed by atoms with Crippen molar-refractivity contribution in [2.45, 2.75) is 113 Å². The maximum atomic E-state index is 15.8. The molecule has 2 fully saturated rings. The van der Waals surface area contributed by atoms with Gasteiger partial charge in [-0.05, 0) is 48.3 Å². The molecule has 0 radical (unpaired) electrons. The summed E-state index contributed by atoms with van der Waals surface area (Å²) in [5, 5.41) is 24.2. The fourth-order valence-electron chi connectivity index (χ4n) is 11.7. The summed E-state index contributed by atoms with van der Waals surface area (Å²) >= 11 is 0. The normalized spacial score (nSPS) is 37.1. The van der Waals surface area contributed by atoms with Crippen molar-refractivity contribution in [3.05, 3.63) is 56.3 Å². The Morgan fingerprint density at radius 3 is 1.67 bits per heavy atom. The molecule has 0 saturated heterocycles. The highest BCUT2D eigenvalue weighted by Gasteiger charge is 2.75. The van der Waals surface area contributed by atoms with E-state index in [4.69, 9.17) is 4.74 Å². The van der Waals surface area contributed by atoms with Crippen LogP contribution in [0.25, 0.3) is 0 Å². The smallest absolute Gasteiger partial charge is 0.233 e. The summed E-state index contributed by atoms with van der Waals surface area (Å²) in [5.41, 5.74) is -5.11. The lowest BCUT2D eigenvalue weighted by Gasteiger charge is -2.58. The number of hydrogen-bond donors (Lipinski definition) is 2. The molecule has 5 unspecified atom stereocenters. The quantitative estimate of drug-likeness (QED) is 0.237. The molecule has 0 bridgehead atoms. The second-order valence-electron chi connectivity index (χ2n) is 17.9. The van der Waals surface area contributed by atoms with Crippen molar-refractivity contribution in [3.63, 3.8) is 0 Å². The fraction of sp³-hybridized carbons (Fsp3) is 0.625. The van der Waals surface area contributed by atoms with Gasteiger partial charge in [-0.3, -0.25) is 24.0 Å². The highest BCUT2D eigenvalue weighted by molar-refractivity contribution is 6.51. The molecule has 0 aromatic rings. The zero-order valence-electron chi connectivity index (χ0n) is 29.9. The molecule has 0 amide bonds. The fourth-order valence-corrected chi connectivity index (χ4v) is 11.7. The van der Waals surface area contributed by atoms with Gasteiger partial charge in [-0.15, -0.1) is 0 Å². The largest absolute Gasteiger partial charge is 0.507 e. The summed E-state index contributed by atoms with van der Waals surface area (Å²) < 4.78 is 6.99. The summed E-state index contributed by atoms with van der Waals surface area (Å²) in [7, 11) is 0. The first-order valence-corrected chi connectivity index (χ1v) is 17.7. The molecule has 7 aliphatic rings. The molecule has 1 spiro atoms. The average molecular weight is 657 g/mol. The van der Waals surface area contributed by atoms with E-state index in [1.54, 1.807) is 27.7 Å². The number of allylic oxidation sites excluding steroid dienone is 4. The van der Waals surface area contributed by atoms with E-state index in [1.165, 1.54) is 0 Å². The molecule has 0 aromatic heterocycles.